The van der Waals surface area contributed by atoms with Gasteiger partial charge in [-0.05, 0) is 75.6 Å². The molecule has 0 amide bonds. The molecule has 1 saturated heterocycles. The highest BCUT2D eigenvalue weighted by molar-refractivity contribution is 9.10. The van der Waals surface area contributed by atoms with E-state index in [2.05, 4.69) is 51.3 Å². The monoisotopic (exact) mass is 310 g/mol. The van der Waals surface area contributed by atoms with E-state index in [1.54, 1.807) is 0 Å². The highest BCUT2D eigenvalue weighted by Gasteiger charge is 2.09. The number of nitrogens with one attached hydrogen (secondary N) is 1. The molecule has 1 heterocycles. The molecule has 1 aromatic carbocycles. The van der Waals surface area contributed by atoms with Crippen LogP contribution in [0.4, 0.5) is 0 Å². The van der Waals surface area contributed by atoms with Crippen molar-refractivity contribution >= 4 is 15.9 Å². The molecule has 100 valence electrons. The van der Waals surface area contributed by atoms with Gasteiger partial charge < -0.3 is 10.2 Å². The van der Waals surface area contributed by atoms with Gasteiger partial charge in [0.05, 0.1) is 0 Å². The predicted molar refractivity (Wildman–Crippen MR) is 80.9 cm³/mol. The largest absolute Gasteiger partial charge is 0.313 e. The second-order valence-corrected chi connectivity index (χ2v) is 6.07. The Hall–Kier alpha value is -0.380. The van der Waals surface area contributed by atoms with Gasteiger partial charge in [0.25, 0.3) is 0 Å². The molecule has 0 bridgehead atoms. The molecule has 1 aliphatic heterocycles. The summed E-state index contributed by atoms with van der Waals surface area (Å²) >= 11 is 3.50. The molecular weight excluding hydrogens is 288 g/mol. The molecule has 0 aromatic heterocycles. The SMILES string of the molecule is Cc1cc(Br)ccc1CNCCCN1CCCC1. The van der Waals surface area contributed by atoms with Gasteiger partial charge in [0, 0.05) is 11.0 Å². The molecule has 0 saturated carbocycles. The summed E-state index contributed by atoms with van der Waals surface area (Å²) in [6.45, 7) is 8.15. The number of benzene rings is 1. The molecule has 18 heavy (non-hydrogen) atoms. The number of aryl methyl sites for hydroxylation is 1. The fraction of sp³-hybridized carbons (Fsp3) is 0.600. The molecule has 0 atom stereocenters. The lowest BCUT2D eigenvalue weighted by Gasteiger charge is -2.14. The lowest BCUT2D eigenvalue weighted by Crippen LogP contribution is -2.24. The molecule has 0 spiro atoms. The molecule has 0 aliphatic carbocycles. The van der Waals surface area contributed by atoms with Crippen molar-refractivity contribution in [1.29, 1.82) is 0 Å². The standard InChI is InChI=1S/C15H23BrN2/c1-13-11-15(16)6-5-14(13)12-17-7-4-10-18-8-2-3-9-18/h5-6,11,17H,2-4,7-10,12H2,1H3. The minimum atomic E-state index is 0.985. The van der Waals surface area contributed by atoms with Crippen LogP contribution in [0.15, 0.2) is 22.7 Å². The zero-order valence-electron chi connectivity index (χ0n) is 11.2. The first-order valence-electron chi connectivity index (χ1n) is 6.94. The first-order valence-corrected chi connectivity index (χ1v) is 7.73. The van der Waals surface area contributed by atoms with Crippen molar-refractivity contribution in [3.05, 3.63) is 33.8 Å². The first kappa shape index (κ1) is 14.0. The van der Waals surface area contributed by atoms with Crippen molar-refractivity contribution in [3.8, 4) is 0 Å². The van der Waals surface area contributed by atoms with Gasteiger partial charge in [-0.15, -0.1) is 0 Å². The molecule has 3 heteroatoms. The second kappa shape index (κ2) is 7.27. The fourth-order valence-electron chi connectivity index (χ4n) is 2.51. The van der Waals surface area contributed by atoms with Crippen LogP contribution in [0.1, 0.15) is 30.4 Å². The van der Waals surface area contributed by atoms with Crippen molar-refractivity contribution in [3.63, 3.8) is 0 Å². The summed E-state index contributed by atoms with van der Waals surface area (Å²) in [7, 11) is 0. The maximum Gasteiger partial charge on any atom is 0.0208 e. The van der Waals surface area contributed by atoms with Crippen molar-refractivity contribution in [2.24, 2.45) is 0 Å². The third kappa shape index (κ3) is 4.38. The van der Waals surface area contributed by atoms with Crippen molar-refractivity contribution in [1.82, 2.24) is 10.2 Å². The molecule has 0 unspecified atom stereocenters. The van der Waals surface area contributed by atoms with Crippen LogP contribution < -0.4 is 5.32 Å². The van der Waals surface area contributed by atoms with Crippen molar-refractivity contribution in [2.75, 3.05) is 26.2 Å². The van der Waals surface area contributed by atoms with Crippen molar-refractivity contribution < 1.29 is 0 Å². The smallest absolute Gasteiger partial charge is 0.0208 e. The van der Waals surface area contributed by atoms with Crippen LogP contribution in [0.25, 0.3) is 0 Å². The molecular formula is C15H23BrN2. The number of likely N-dealkylation sites (tertiary alicyclic amines) is 1. The van der Waals surface area contributed by atoms with Crippen LogP contribution in [0.5, 0.6) is 0 Å². The van der Waals surface area contributed by atoms with Gasteiger partial charge in [0.1, 0.15) is 0 Å². The zero-order valence-corrected chi connectivity index (χ0v) is 12.8. The number of nitrogens with zero attached hydrogens (tertiary/aromatic N) is 1. The summed E-state index contributed by atoms with van der Waals surface area (Å²) in [5.74, 6) is 0. The Labute approximate surface area is 119 Å². The summed E-state index contributed by atoms with van der Waals surface area (Å²) in [6, 6.07) is 6.50. The van der Waals surface area contributed by atoms with Crippen LogP contribution in [0.3, 0.4) is 0 Å². The Kier molecular flexibility index (Phi) is 5.67. The maximum absolute atomic E-state index is 3.54. The fourth-order valence-corrected chi connectivity index (χ4v) is 2.99. The molecule has 2 nitrogen and oxygen atoms in total. The van der Waals surface area contributed by atoms with E-state index in [1.807, 2.05) is 0 Å². The summed E-state index contributed by atoms with van der Waals surface area (Å²) < 4.78 is 1.16. The second-order valence-electron chi connectivity index (χ2n) is 5.15. The Bertz CT molecular complexity index is 373. The lowest BCUT2D eigenvalue weighted by molar-refractivity contribution is 0.331. The summed E-state index contributed by atoms with van der Waals surface area (Å²) in [5.41, 5.74) is 2.76. The number of halogens is 1. The minimum Gasteiger partial charge on any atom is -0.313 e. The van der Waals surface area contributed by atoms with Crippen LogP contribution in [-0.2, 0) is 6.54 Å². The number of hydrogen-bond acceptors (Lipinski definition) is 2. The lowest BCUT2D eigenvalue weighted by atomic mass is 10.1. The molecule has 2 rings (SSSR count). The van der Waals surface area contributed by atoms with Crippen LogP contribution in [-0.4, -0.2) is 31.1 Å². The van der Waals surface area contributed by atoms with E-state index in [1.165, 1.54) is 50.0 Å². The van der Waals surface area contributed by atoms with E-state index in [0.29, 0.717) is 0 Å². The number of rotatable bonds is 6. The van der Waals surface area contributed by atoms with E-state index in [-0.39, 0.29) is 0 Å². The zero-order chi connectivity index (χ0) is 12.8. The van der Waals surface area contributed by atoms with Gasteiger partial charge in [0.2, 0.25) is 0 Å². The van der Waals surface area contributed by atoms with E-state index in [0.717, 1.165) is 17.6 Å². The Morgan fingerprint density at radius 2 is 2.06 bits per heavy atom. The maximum atomic E-state index is 3.54. The average Bonchev–Trinajstić information content (AvgIpc) is 2.84. The van der Waals surface area contributed by atoms with Gasteiger partial charge >= 0.3 is 0 Å². The predicted octanol–water partition coefficient (Wildman–Crippen LogP) is 3.33. The van der Waals surface area contributed by atoms with E-state index in [4.69, 9.17) is 0 Å². The normalized spacial score (nSPS) is 16.3. The Morgan fingerprint density at radius 1 is 1.28 bits per heavy atom. The Balaban J connectivity index is 1.62. The average molecular weight is 311 g/mol. The summed E-state index contributed by atoms with van der Waals surface area (Å²) in [5, 5.41) is 3.54. The van der Waals surface area contributed by atoms with E-state index >= 15 is 0 Å². The summed E-state index contributed by atoms with van der Waals surface area (Å²) in [6.07, 6.45) is 4.05. The molecule has 1 aliphatic rings. The van der Waals surface area contributed by atoms with E-state index < -0.39 is 0 Å². The Morgan fingerprint density at radius 3 is 2.78 bits per heavy atom. The van der Waals surface area contributed by atoms with Gasteiger partial charge in [-0.25, -0.2) is 0 Å². The van der Waals surface area contributed by atoms with Gasteiger partial charge in [-0.3, -0.25) is 0 Å². The third-order valence-corrected chi connectivity index (χ3v) is 4.14. The third-order valence-electron chi connectivity index (χ3n) is 3.65. The highest BCUT2D eigenvalue weighted by Crippen LogP contribution is 2.15. The number of hydrogen-bond donors (Lipinski definition) is 1. The van der Waals surface area contributed by atoms with Gasteiger partial charge in [0.15, 0.2) is 0 Å². The van der Waals surface area contributed by atoms with Gasteiger partial charge in [-0.1, -0.05) is 22.0 Å². The topological polar surface area (TPSA) is 15.3 Å². The van der Waals surface area contributed by atoms with Crippen molar-refractivity contribution in [2.45, 2.75) is 32.7 Å². The molecule has 0 radical (unpaired) electrons. The minimum absolute atomic E-state index is 0.985. The molecule has 1 fully saturated rings. The summed E-state index contributed by atoms with van der Waals surface area (Å²) in [4.78, 5) is 2.58. The molecule has 1 N–H and O–H groups in total. The molecule has 1 aromatic rings. The van der Waals surface area contributed by atoms with Gasteiger partial charge in [-0.2, -0.15) is 0 Å². The quantitative estimate of drug-likeness (QED) is 0.811. The first-order chi connectivity index (χ1) is 8.75. The van der Waals surface area contributed by atoms with Crippen LogP contribution in [0.2, 0.25) is 0 Å². The van der Waals surface area contributed by atoms with Crippen LogP contribution in [0, 0.1) is 6.92 Å². The van der Waals surface area contributed by atoms with E-state index in [9.17, 15) is 0 Å². The highest BCUT2D eigenvalue weighted by atomic mass is 79.9. The van der Waals surface area contributed by atoms with Crippen LogP contribution >= 0.6 is 15.9 Å².